The predicted octanol–water partition coefficient (Wildman–Crippen LogP) is 2.96. The summed E-state index contributed by atoms with van der Waals surface area (Å²) < 4.78 is 31.2. The Morgan fingerprint density at radius 3 is 2.65 bits per heavy atom. The van der Waals surface area contributed by atoms with E-state index in [4.69, 9.17) is 24.9 Å². The number of benzene rings is 1. The molecule has 0 bridgehead atoms. The normalized spacial score (nSPS) is 24.6. The van der Waals surface area contributed by atoms with Crippen LogP contribution in [0.15, 0.2) is 39.9 Å². The number of amidine groups is 1. The zero-order valence-electron chi connectivity index (χ0n) is 16.9. The van der Waals surface area contributed by atoms with Gasteiger partial charge in [0.25, 0.3) is 11.9 Å². The fourth-order valence-corrected chi connectivity index (χ4v) is 5.13. The Balaban J connectivity index is 1.56. The first kappa shape index (κ1) is 20.2. The number of anilines is 1. The zero-order valence-corrected chi connectivity index (χ0v) is 18.5. The minimum atomic E-state index is -0.804. The highest BCUT2D eigenvalue weighted by Crippen LogP contribution is 2.62. The van der Waals surface area contributed by atoms with Crippen molar-refractivity contribution in [1.82, 2.24) is 4.98 Å². The first-order valence-corrected chi connectivity index (χ1v) is 10.5. The van der Waals surface area contributed by atoms with E-state index < -0.39 is 28.3 Å². The van der Waals surface area contributed by atoms with Crippen molar-refractivity contribution in [1.29, 1.82) is 0 Å². The second-order valence-electron chi connectivity index (χ2n) is 8.44. The average molecular weight is 491 g/mol. The molecule has 4 heterocycles. The van der Waals surface area contributed by atoms with Gasteiger partial charge in [-0.2, -0.15) is 0 Å². The first-order chi connectivity index (χ1) is 14.7. The highest BCUT2D eigenvalue weighted by atomic mass is 79.9. The van der Waals surface area contributed by atoms with Gasteiger partial charge in [0.15, 0.2) is 0 Å². The fraction of sp³-hybridized carbons (Fsp3) is 0.381. The number of amides is 1. The molecular formula is C21H20BrFN4O4. The molecule has 5 rings (SSSR count). The van der Waals surface area contributed by atoms with Crippen LogP contribution in [0.2, 0.25) is 0 Å². The Morgan fingerprint density at radius 1 is 1.26 bits per heavy atom. The van der Waals surface area contributed by atoms with Crippen LogP contribution in [-0.4, -0.2) is 42.3 Å². The average Bonchev–Trinajstić information content (AvgIpc) is 3.03. The lowest BCUT2D eigenvalue weighted by molar-refractivity contribution is -0.247. The van der Waals surface area contributed by atoms with Crippen LogP contribution in [-0.2, 0) is 15.0 Å². The minimum absolute atomic E-state index is 0.0709. The third-order valence-corrected chi connectivity index (χ3v) is 7.05. The molecule has 0 aliphatic carbocycles. The number of fused-ring (bicyclic) bond motifs is 3. The highest BCUT2D eigenvalue weighted by molar-refractivity contribution is 9.10. The van der Waals surface area contributed by atoms with Crippen molar-refractivity contribution in [2.45, 2.75) is 25.0 Å². The standard InChI is InChI=1S/C21H20BrFN4O4/c1-19(2)20(8-29-9-20)21(10-30-18(24)27-21)13-6-12(3-4-15(13)31-19)26-17(28)16-14(22)5-11(23)7-25-16/h3-7H,8-10H2,1-2H3,(H2,24,27)(H,26,28). The SMILES string of the molecule is CC1(C)Oc2ccc(NC(=O)c3ncc(F)cc3Br)cc2C2(COC(N)=N2)C12COC2. The fourth-order valence-electron chi connectivity index (χ4n) is 4.63. The lowest BCUT2D eigenvalue weighted by atomic mass is 9.55. The molecule has 0 radical (unpaired) electrons. The van der Waals surface area contributed by atoms with Crippen molar-refractivity contribution in [3.05, 3.63) is 52.0 Å². The molecule has 1 atom stereocenters. The number of hydrogen-bond donors (Lipinski definition) is 2. The number of carbonyl (C=O) groups excluding carboxylic acids is 1. The van der Waals surface area contributed by atoms with Gasteiger partial charge in [0, 0.05) is 11.3 Å². The van der Waals surface area contributed by atoms with Crippen LogP contribution in [0, 0.1) is 11.2 Å². The molecule has 3 aliphatic rings. The van der Waals surface area contributed by atoms with E-state index in [2.05, 4.69) is 26.2 Å². The van der Waals surface area contributed by atoms with Crippen LogP contribution in [0.3, 0.4) is 0 Å². The number of aromatic nitrogens is 1. The van der Waals surface area contributed by atoms with Crippen LogP contribution < -0.4 is 15.8 Å². The molecule has 8 nitrogen and oxygen atoms in total. The van der Waals surface area contributed by atoms with Gasteiger partial charge in [-0.05, 0) is 54.0 Å². The van der Waals surface area contributed by atoms with Gasteiger partial charge in [-0.3, -0.25) is 4.79 Å². The molecule has 1 aromatic heterocycles. The lowest BCUT2D eigenvalue weighted by Crippen LogP contribution is -2.71. The summed E-state index contributed by atoms with van der Waals surface area (Å²) in [6.45, 7) is 5.17. The van der Waals surface area contributed by atoms with Gasteiger partial charge in [-0.1, -0.05) is 0 Å². The second-order valence-corrected chi connectivity index (χ2v) is 9.29. The maximum absolute atomic E-state index is 13.3. The number of nitrogens with one attached hydrogen (secondary N) is 1. The summed E-state index contributed by atoms with van der Waals surface area (Å²) >= 11 is 3.18. The highest BCUT2D eigenvalue weighted by Gasteiger charge is 2.71. The predicted molar refractivity (Wildman–Crippen MR) is 114 cm³/mol. The molecule has 1 fully saturated rings. The molecular weight excluding hydrogens is 471 g/mol. The van der Waals surface area contributed by atoms with Crippen molar-refractivity contribution in [2.75, 3.05) is 25.1 Å². The van der Waals surface area contributed by atoms with Crippen molar-refractivity contribution >= 4 is 33.5 Å². The van der Waals surface area contributed by atoms with E-state index >= 15 is 0 Å². The van der Waals surface area contributed by atoms with E-state index in [1.54, 1.807) is 12.1 Å². The molecule has 3 N–H and O–H groups in total. The number of rotatable bonds is 2. The number of carbonyl (C=O) groups is 1. The van der Waals surface area contributed by atoms with Crippen LogP contribution in [0.25, 0.3) is 0 Å². The van der Waals surface area contributed by atoms with E-state index in [-0.39, 0.29) is 22.8 Å². The monoisotopic (exact) mass is 490 g/mol. The largest absolute Gasteiger partial charge is 0.487 e. The van der Waals surface area contributed by atoms with Crippen molar-refractivity contribution < 1.29 is 23.4 Å². The maximum atomic E-state index is 13.3. The van der Waals surface area contributed by atoms with Gasteiger partial charge in [-0.25, -0.2) is 14.4 Å². The second kappa shape index (κ2) is 6.64. The van der Waals surface area contributed by atoms with Gasteiger partial charge in [0.2, 0.25) is 0 Å². The summed E-state index contributed by atoms with van der Waals surface area (Å²) in [7, 11) is 0. The lowest BCUT2D eigenvalue weighted by Gasteiger charge is -2.61. The van der Waals surface area contributed by atoms with Crippen molar-refractivity contribution in [3.8, 4) is 5.75 Å². The van der Waals surface area contributed by atoms with Gasteiger partial charge >= 0.3 is 0 Å². The minimum Gasteiger partial charge on any atom is -0.487 e. The number of nitrogens with two attached hydrogens (primary N) is 1. The quantitative estimate of drug-likeness (QED) is 0.669. The number of pyridine rings is 1. The first-order valence-electron chi connectivity index (χ1n) is 9.69. The molecule has 3 aliphatic heterocycles. The Morgan fingerprint density at radius 2 is 2.03 bits per heavy atom. The molecule has 162 valence electrons. The van der Waals surface area contributed by atoms with Crippen molar-refractivity contribution in [3.63, 3.8) is 0 Å². The van der Waals surface area contributed by atoms with Gasteiger partial charge < -0.3 is 25.3 Å². The molecule has 1 amide bonds. The molecule has 2 spiro atoms. The van der Waals surface area contributed by atoms with E-state index in [1.807, 2.05) is 19.9 Å². The molecule has 2 aromatic rings. The zero-order chi connectivity index (χ0) is 22.0. The Bertz CT molecular complexity index is 1130. The van der Waals surface area contributed by atoms with E-state index in [1.165, 1.54) is 6.07 Å². The molecule has 31 heavy (non-hydrogen) atoms. The van der Waals surface area contributed by atoms with Crippen molar-refractivity contribution in [2.24, 2.45) is 16.1 Å². The van der Waals surface area contributed by atoms with Crippen LogP contribution in [0.4, 0.5) is 10.1 Å². The maximum Gasteiger partial charge on any atom is 0.283 e. The number of ether oxygens (including phenoxy) is 3. The molecule has 1 unspecified atom stereocenters. The smallest absolute Gasteiger partial charge is 0.283 e. The topological polar surface area (TPSA) is 108 Å². The van der Waals surface area contributed by atoms with Gasteiger partial charge in [-0.15, -0.1) is 0 Å². The molecule has 1 saturated heterocycles. The van der Waals surface area contributed by atoms with Crippen LogP contribution in [0.5, 0.6) is 5.75 Å². The molecule has 10 heteroatoms. The van der Waals surface area contributed by atoms with Crippen LogP contribution in [0.1, 0.15) is 29.9 Å². The summed E-state index contributed by atoms with van der Waals surface area (Å²) in [4.78, 5) is 21.3. The number of nitrogens with zero attached hydrogens (tertiary/aromatic N) is 2. The summed E-state index contributed by atoms with van der Waals surface area (Å²) in [6.07, 6.45) is 0.991. The molecule has 1 aromatic carbocycles. The van der Waals surface area contributed by atoms with E-state index in [9.17, 15) is 9.18 Å². The number of aliphatic imine (C=N–C) groups is 1. The van der Waals surface area contributed by atoms with Gasteiger partial charge in [0.1, 0.15) is 35.0 Å². The third-order valence-electron chi connectivity index (χ3n) is 6.44. The number of hydrogen-bond acceptors (Lipinski definition) is 7. The summed E-state index contributed by atoms with van der Waals surface area (Å²) in [5.74, 6) is -0.377. The molecule has 0 saturated carbocycles. The Kier molecular flexibility index (Phi) is 4.32. The summed E-state index contributed by atoms with van der Waals surface area (Å²) in [6, 6.07) is 6.64. The summed E-state index contributed by atoms with van der Waals surface area (Å²) in [5.41, 5.74) is 5.43. The van der Waals surface area contributed by atoms with E-state index in [0.29, 0.717) is 24.7 Å². The van der Waals surface area contributed by atoms with Gasteiger partial charge in [0.05, 0.1) is 29.3 Å². The Labute approximate surface area is 186 Å². The van der Waals surface area contributed by atoms with E-state index in [0.717, 1.165) is 11.8 Å². The summed E-state index contributed by atoms with van der Waals surface area (Å²) in [5, 5.41) is 2.81. The number of halogens is 2. The van der Waals surface area contributed by atoms with Crippen LogP contribution >= 0.6 is 15.9 Å². The Hall–Kier alpha value is -2.72. The third kappa shape index (κ3) is 2.77.